The smallest absolute Gasteiger partial charge is 0.176 e. The van der Waals surface area contributed by atoms with Crippen LogP contribution in [0.1, 0.15) is 5.56 Å². The summed E-state index contributed by atoms with van der Waals surface area (Å²) in [6, 6.07) is 1.46. The van der Waals surface area contributed by atoms with E-state index in [1.165, 1.54) is 12.3 Å². The highest BCUT2D eigenvalue weighted by Crippen LogP contribution is 2.20. The minimum Gasteiger partial charge on any atom is -0.410 e. The molecular weight excluding hydrogens is 222 g/mol. The zero-order valence-corrected chi connectivity index (χ0v) is 7.90. The van der Waals surface area contributed by atoms with E-state index in [4.69, 9.17) is 40.0 Å². The fourth-order valence-electron chi connectivity index (χ4n) is 0.592. The molecule has 1 aromatic heterocycles. The van der Waals surface area contributed by atoms with E-state index in [1.54, 1.807) is 0 Å². The Morgan fingerprint density at radius 1 is 1.50 bits per heavy atom. The molecule has 0 aromatic carbocycles. The third-order valence-electron chi connectivity index (χ3n) is 1.12. The van der Waals surface area contributed by atoms with E-state index in [9.17, 15) is 0 Å². The molecule has 0 aliphatic rings. The molecule has 1 heterocycles. The van der Waals surface area contributed by atoms with Gasteiger partial charge in [-0.2, -0.15) is 0 Å². The van der Waals surface area contributed by atoms with Crippen LogP contribution in [0.3, 0.4) is 0 Å². The van der Waals surface area contributed by atoms with Gasteiger partial charge in [-0.1, -0.05) is 40.0 Å². The van der Waals surface area contributed by atoms with Crippen molar-refractivity contribution in [3.8, 4) is 0 Å². The summed E-state index contributed by atoms with van der Waals surface area (Å²) in [5.74, 6) is 0. The largest absolute Gasteiger partial charge is 0.410 e. The molecule has 0 saturated heterocycles. The molecular formula is C6H3Cl3N2O. The second kappa shape index (κ2) is 3.94. The molecule has 3 nitrogen and oxygen atoms in total. The van der Waals surface area contributed by atoms with Crippen LogP contribution >= 0.6 is 34.8 Å². The molecule has 12 heavy (non-hydrogen) atoms. The molecule has 64 valence electrons. The molecule has 0 saturated carbocycles. The fraction of sp³-hybridized carbons (Fsp3) is 0. The number of aromatic nitrogens is 1. The predicted molar refractivity (Wildman–Crippen MR) is 48.4 cm³/mol. The minimum absolute atomic E-state index is 0.0823. The first-order valence-corrected chi connectivity index (χ1v) is 3.97. The molecule has 0 aliphatic heterocycles. The Labute approximate surface area is 83.6 Å². The Morgan fingerprint density at radius 2 is 2.17 bits per heavy atom. The van der Waals surface area contributed by atoms with Crippen molar-refractivity contribution in [3.05, 3.63) is 28.0 Å². The lowest BCUT2D eigenvalue weighted by Crippen LogP contribution is -1.92. The van der Waals surface area contributed by atoms with Crippen LogP contribution in [0.25, 0.3) is 0 Å². The standard InChI is InChI=1S/C6H3Cl3N2O/c7-4-1-3(5(8)11-12)2-10-6(4)9/h1-2,12H/b11-5-. The summed E-state index contributed by atoms with van der Waals surface area (Å²) in [5, 5.41) is 11.4. The van der Waals surface area contributed by atoms with Crippen molar-refractivity contribution in [1.82, 2.24) is 4.98 Å². The maximum absolute atomic E-state index is 8.30. The van der Waals surface area contributed by atoms with Gasteiger partial charge in [-0.05, 0) is 6.07 Å². The van der Waals surface area contributed by atoms with Crippen molar-refractivity contribution in [2.75, 3.05) is 0 Å². The molecule has 0 atom stereocenters. The number of rotatable bonds is 1. The highest BCUT2D eigenvalue weighted by Gasteiger charge is 2.04. The van der Waals surface area contributed by atoms with Gasteiger partial charge in [0, 0.05) is 11.8 Å². The Bertz CT molecular complexity index is 327. The fourth-order valence-corrected chi connectivity index (χ4v) is 0.965. The second-order valence-electron chi connectivity index (χ2n) is 1.89. The van der Waals surface area contributed by atoms with Gasteiger partial charge in [-0.15, -0.1) is 0 Å². The molecule has 0 spiro atoms. The zero-order valence-electron chi connectivity index (χ0n) is 5.63. The van der Waals surface area contributed by atoms with E-state index in [-0.39, 0.29) is 15.3 Å². The van der Waals surface area contributed by atoms with Crippen molar-refractivity contribution in [1.29, 1.82) is 0 Å². The van der Waals surface area contributed by atoms with E-state index in [1.807, 2.05) is 0 Å². The van der Waals surface area contributed by atoms with Gasteiger partial charge in [-0.3, -0.25) is 0 Å². The Kier molecular flexibility index (Phi) is 3.14. The van der Waals surface area contributed by atoms with Crippen molar-refractivity contribution in [2.24, 2.45) is 5.16 Å². The lowest BCUT2D eigenvalue weighted by Gasteiger charge is -1.97. The molecule has 0 amide bonds. The highest BCUT2D eigenvalue weighted by atomic mass is 35.5. The third kappa shape index (κ3) is 2.00. The van der Waals surface area contributed by atoms with E-state index in [0.29, 0.717) is 5.56 Å². The summed E-state index contributed by atoms with van der Waals surface area (Å²) in [7, 11) is 0. The summed E-state index contributed by atoms with van der Waals surface area (Å²) < 4.78 is 0. The molecule has 0 aliphatic carbocycles. The minimum atomic E-state index is -0.0823. The first-order chi connectivity index (χ1) is 5.65. The van der Waals surface area contributed by atoms with Gasteiger partial charge in [0.1, 0.15) is 5.15 Å². The molecule has 1 rings (SSSR count). The SMILES string of the molecule is O/N=C(\Cl)c1cnc(Cl)c(Cl)c1. The van der Waals surface area contributed by atoms with Crippen LogP contribution in [0.5, 0.6) is 0 Å². The van der Waals surface area contributed by atoms with Crippen LogP contribution in [-0.4, -0.2) is 15.4 Å². The Morgan fingerprint density at radius 3 is 2.67 bits per heavy atom. The number of pyridine rings is 1. The number of halogens is 3. The van der Waals surface area contributed by atoms with Gasteiger partial charge in [-0.25, -0.2) is 4.98 Å². The normalized spacial score (nSPS) is 11.8. The van der Waals surface area contributed by atoms with E-state index >= 15 is 0 Å². The average Bonchev–Trinajstić information content (AvgIpc) is 2.08. The second-order valence-corrected chi connectivity index (χ2v) is 3.01. The van der Waals surface area contributed by atoms with Crippen LogP contribution in [0.4, 0.5) is 0 Å². The summed E-state index contributed by atoms with van der Waals surface area (Å²) in [4.78, 5) is 3.70. The number of nitrogens with zero attached hydrogens (tertiary/aromatic N) is 2. The van der Waals surface area contributed by atoms with Crippen molar-refractivity contribution in [3.63, 3.8) is 0 Å². The topological polar surface area (TPSA) is 45.5 Å². The monoisotopic (exact) mass is 224 g/mol. The first kappa shape index (κ1) is 9.58. The highest BCUT2D eigenvalue weighted by molar-refractivity contribution is 6.69. The predicted octanol–water partition coefficient (Wildman–Crippen LogP) is 2.76. The molecule has 0 fully saturated rings. The van der Waals surface area contributed by atoms with Crippen molar-refractivity contribution < 1.29 is 5.21 Å². The van der Waals surface area contributed by atoms with Gasteiger partial charge in [0.05, 0.1) is 5.02 Å². The van der Waals surface area contributed by atoms with E-state index < -0.39 is 0 Å². The van der Waals surface area contributed by atoms with Crippen LogP contribution in [0.15, 0.2) is 17.4 Å². The molecule has 6 heteroatoms. The van der Waals surface area contributed by atoms with Crippen LogP contribution in [-0.2, 0) is 0 Å². The molecule has 0 unspecified atom stereocenters. The van der Waals surface area contributed by atoms with Gasteiger partial charge in [0.2, 0.25) is 0 Å². The molecule has 1 aromatic rings. The summed E-state index contributed by atoms with van der Waals surface area (Å²) in [5.41, 5.74) is 0.411. The summed E-state index contributed by atoms with van der Waals surface area (Å²) in [6.45, 7) is 0. The number of oxime groups is 1. The van der Waals surface area contributed by atoms with Gasteiger partial charge in [0.25, 0.3) is 0 Å². The number of hydrogen-bond donors (Lipinski definition) is 1. The van der Waals surface area contributed by atoms with E-state index in [0.717, 1.165) is 0 Å². The molecule has 1 N–H and O–H groups in total. The van der Waals surface area contributed by atoms with Gasteiger partial charge >= 0.3 is 0 Å². The zero-order chi connectivity index (χ0) is 9.14. The molecule has 0 bridgehead atoms. The lowest BCUT2D eigenvalue weighted by molar-refractivity contribution is 0.321. The maximum Gasteiger partial charge on any atom is 0.176 e. The quantitative estimate of drug-likeness (QED) is 0.346. The maximum atomic E-state index is 8.30. The van der Waals surface area contributed by atoms with E-state index in [2.05, 4.69) is 10.1 Å². The van der Waals surface area contributed by atoms with Crippen molar-refractivity contribution >= 4 is 40.0 Å². The van der Waals surface area contributed by atoms with Crippen LogP contribution in [0, 0.1) is 0 Å². The Balaban J connectivity index is 3.13. The van der Waals surface area contributed by atoms with Gasteiger partial charge < -0.3 is 5.21 Å². The third-order valence-corrected chi connectivity index (χ3v) is 2.10. The average molecular weight is 225 g/mol. The van der Waals surface area contributed by atoms with Crippen LogP contribution in [0.2, 0.25) is 10.2 Å². The Hall–Kier alpha value is -0.510. The summed E-state index contributed by atoms with van der Waals surface area (Å²) >= 11 is 16.6. The van der Waals surface area contributed by atoms with Gasteiger partial charge in [0.15, 0.2) is 5.17 Å². The van der Waals surface area contributed by atoms with Crippen molar-refractivity contribution in [2.45, 2.75) is 0 Å². The molecule has 0 radical (unpaired) electrons. The first-order valence-electron chi connectivity index (χ1n) is 2.84. The lowest BCUT2D eigenvalue weighted by atomic mass is 10.3. The van der Waals surface area contributed by atoms with Crippen LogP contribution < -0.4 is 0 Å². The number of hydrogen-bond acceptors (Lipinski definition) is 3. The summed E-state index contributed by atoms with van der Waals surface area (Å²) in [6.07, 6.45) is 1.36.